The maximum Gasteiger partial charge on any atom is 0.0757 e. The zero-order chi connectivity index (χ0) is 11.5. The first-order valence-corrected chi connectivity index (χ1v) is 7.48. The lowest BCUT2D eigenvalue weighted by Crippen LogP contribution is -2.16. The van der Waals surface area contributed by atoms with Gasteiger partial charge < -0.3 is 4.90 Å². The van der Waals surface area contributed by atoms with Gasteiger partial charge in [-0.3, -0.25) is 0 Å². The molecular formula is C13H17NS2. The summed E-state index contributed by atoms with van der Waals surface area (Å²) in [4.78, 5) is 5.15. The molecule has 1 aliphatic rings. The van der Waals surface area contributed by atoms with Crippen molar-refractivity contribution in [3.63, 3.8) is 0 Å². The second-order valence-electron chi connectivity index (χ2n) is 3.54. The van der Waals surface area contributed by atoms with E-state index in [9.17, 15) is 0 Å². The van der Waals surface area contributed by atoms with E-state index in [4.69, 9.17) is 0 Å². The predicted octanol–water partition coefficient (Wildman–Crippen LogP) is 4.59. The molecule has 0 spiro atoms. The van der Waals surface area contributed by atoms with Crippen molar-refractivity contribution in [3.8, 4) is 0 Å². The van der Waals surface area contributed by atoms with Gasteiger partial charge in [-0.25, -0.2) is 0 Å². The van der Waals surface area contributed by atoms with E-state index in [1.54, 1.807) is 0 Å². The van der Waals surface area contributed by atoms with E-state index in [0.29, 0.717) is 0 Å². The van der Waals surface area contributed by atoms with Crippen LogP contribution in [0.15, 0.2) is 39.1 Å². The highest BCUT2D eigenvalue weighted by atomic mass is 32.2. The summed E-state index contributed by atoms with van der Waals surface area (Å²) in [6, 6.07) is 6.79. The summed E-state index contributed by atoms with van der Waals surface area (Å²) in [5, 5.41) is 1.36. The number of rotatable bonds is 3. The summed E-state index contributed by atoms with van der Waals surface area (Å²) in [5.74, 6) is 1.13. The minimum Gasteiger partial charge on any atom is -0.336 e. The highest BCUT2D eigenvalue weighted by Crippen LogP contribution is 2.46. The van der Waals surface area contributed by atoms with Gasteiger partial charge >= 0.3 is 0 Å². The Morgan fingerprint density at radius 2 is 2.19 bits per heavy atom. The van der Waals surface area contributed by atoms with E-state index in [0.717, 1.165) is 12.3 Å². The van der Waals surface area contributed by atoms with E-state index in [-0.39, 0.29) is 0 Å². The third-order valence-corrected chi connectivity index (χ3v) is 4.68. The fraction of sp³-hybridized carbons (Fsp3) is 0.385. The van der Waals surface area contributed by atoms with Crippen molar-refractivity contribution < 1.29 is 0 Å². The van der Waals surface area contributed by atoms with Crippen LogP contribution < -0.4 is 4.90 Å². The Hall–Kier alpha value is -0.540. The van der Waals surface area contributed by atoms with Crippen molar-refractivity contribution in [1.82, 2.24) is 0 Å². The Labute approximate surface area is 106 Å². The third kappa shape index (κ3) is 2.11. The summed E-state index contributed by atoms with van der Waals surface area (Å²) in [5.41, 5.74) is 1.37. The van der Waals surface area contributed by atoms with Gasteiger partial charge in [0.05, 0.1) is 10.7 Å². The second kappa shape index (κ2) is 5.19. The topological polar surface area (TPSA) is 3.24 Å². The quantitative estimate of drug-likeness (QED) is 0.723. The van der Waals surface area contributed by atoms with Crippen LogP contribution >= 0.6 is 23.5 Å². The minimum atomic E-state index is 1.04. The van der Waals surface area contributed by atoms with Crippen molar-refractivity contribution in [1.29, 1.82) is 0 Å². The molecule has 0 unspecified atom stereocenters. The van der Waals surface area contributed by atoms with Crippen molar-refractivity contribution in [2.24, 2.45) is 0 Å². The van der Waals surface area contributed by atoms with E-state index in [1.165, 1.54) is 20.5 Å². The van der Waals surface area contributed by atoms with E-state index in [1.807, 2.05) is 23.5 Å². The lowest BCUT2D eigenvalue weighted by Gasteiger charge is -2.18. The molecule has 0 radical (unpaired) electrons. The van der Waals surface area contributed by atoms with Gasteiger partial charge in [0.2, 0.25) is 0 Å². The zero-order valence-corrected chi connectivity index (χ0v) is 11.6. The molecule has 0 aliphatic carbocycles. The minimum absolute atomic E-state index is 1.04. The van der Waals surface area contributed by atoms with E-state index >= 15 is 0 Å². The summed E-state index contributed by atoms with van der Waals surface area (Å²) in [7, 11) is 0. The van der Waals surface area contributed by atoms with Crippen LogP contribution in [0.4, 0.5) is 5.69 Å². The van der Waals surface area contributed by atoms with Crippen molar-refractivity contribution >= 4 is 29.2 Å². The van der Waals surface area contributed by atoms with Crippen molar-refractivity contribution in [3.05, 3.63) is 29.3 Å². The molecule has 0 saturated carbocycles. The van der Waals surface area contributed by atoms with Gasteiger partial charge in [0.1, 0.15) is 0 Å². The number of fused-ring (bicyclic) bond motifs is 1. The number of nitrogens with zero attached hydrogens (tertiary/aromatic N) is 1. The molecule has 0 fully saturated rings. The number of benzene rings is 1. The molecule has 16 heavy (non-hydrogen) atoms. The molecule has 1 aliphatic heterocycles. The first-order valence-electron chi connectivity index (χ1n) is 5.68. The number of allylic oxidation sites excluding steroid dienone is 1. The van der Waals surface area contributed by atoms with Crippen LogP contribution in [0, 0.1) is 0 Å². The monoisotopic (exact) mass is 251 g/mol. The van der Waals surface area contributed by atoms with Crippen LogP contribution in [0.1, 0.15) is 20.8 Å². The van der Waals surface area contributed by atoms with Gasteiger partial charge in [0, 0.05) is 16.3 Å². The zero-order valence-electron chi connectivity index (χ0n) is 9.99. The second-order valence-corrected chi connectivity index (χ2v) is 5.94. The molecule has 2 rings (SSSR count). The lowest BCUT2D eigenvalue weighted by molar-refractivity contribution is 0.995. The molecule has 1 heterocycles. The molecule has 1 aromatic rings. The van der Waals surface area contributed by atoms with Crippen LogP contribution in [0.2, 0.25) is 0 Å². The molecule has 1 nitrogen and oxygen atoms in total. The Balaban J connectivity index is 2.37. The Morgan fingerprint density at radius 3 is 2.81 bits per heavy atom. The van der Waals surface area contributed by atoms with Gasteiger partial charge in [0.25, 0.3) is 0 Å². The summed E-state index contributed by atoms with van der Waals surface area (Å²) in [6.45, 7) is 7.55. The van der Waals surface area contributed by atoms with E-state index in [2.05, 4.69) is 49.9 Å². The van der Waals surface area contributed by atoms with Crippen LogP contribution in [0.5, 0.6) is 0 Å². The van der Waals surface area contributed by atoms with Gasteiger partial charge in [0.15, 0.2) is 0 Å². The normalized spacial score (nSPS) is 16.9. The van der Waals surface area contributed by atoms with Crippen molar-refractivity contribution in [2.45, 2.75) is 30.6 Å². The third-order valence-electron chi connectivity index (χ3n) is 2.58. The van der Waals surface area contributed by atoms with Crippen LogP contribution in [-0.2, 0) is 0 Å². The Morgan fingerprint density at radius 1 is 1.38 bits per heavy atom. The van der Waals surface area contributed by atoms with Gasteiger partial charge in [-0.05, 0) is 37.8 Å². The predicted molar refractivity (Wildman–Crippen MR) is 75.5 cm³/mol. The lowest BCUT2D eigenvalue weighted by atomic mass is 10.3. The molecule has 0 atom stereocenters. The van der Waals surface area contributed by atoms with Crippen molar-refractivity contribution in [2.75, 3.05) is 17.2 Å². The largest absolute Gasteiger partial charge is 0.336 e. The number of thioether (sulfide) groups is 2. The summed E-state index contributed by atoms with van der Waals surface area (Å²) < 4.78 is 0. The van der Waals surface area contributed by atoms with Gasteiger partial charge in [-0.2, -0.15) is 0 Å². The average molecular weight is 251 g/mol. The van der Waals surface area contributed by atoms with Gasteiger partial charge in [-0.1, -0.05) is 24.8 Å². The highest BCUT2D eigenvalue weighted by Gasteiger charge is 2.23. The molecule has 0 bridgehead atoms. The summed E-state index contributed by atoms with van der Waals surface area (Å²) >= 11 is 3.78. The number of hydrogen-bond donors (Lipinski definition) is 0. The first-order chi connectivity index (χ1) is 7.80. The van der Waals surface area contributed by atoms with Crippen LogP contribution in [-0.4, -0.2) is 12.3 Å². The maximum atomic E-state index is 2.39. The fourth-order valence-electron chi connectivity index (χ4n) is 1.88. The van der Waals surface area contributed by atoms with Crippen LogP contribution in [0.3, 0.4) is 0 Å². The molecule has 86 valence electrons. The average Bonchev–Trinajstić information content (AvgIpc) is 2.66. The molecule has 3 heteroatoms. The molecule has 0 N–H and O–H groups in total. The molecule has 0 saturated heterocycles. The Bertz CT molecular complexity index is 412. The fourth-order valence-corrected chi connectivity index (χ4v) is 3.66. The molecule has 0 amide bonds. The smallest absolute Gasteiger partial charge is 0.0757 e. The van der Waals surface area contributed by atoms with Crippen LogP contribution in [0.25, 0.3) is 0 Å². The molecule has 0 aromatic heterocycles. The number of hydrogen-bond acceptors (Lipinski definition) is 3. The van der Waals surface area contributed by atoms with Gasteiger partial charge in [-0.15, -0.1) is 11.8 Å². The highest BCUT2D eigenvalue weighted by molar-refractivity contribution is 8.03. The summed E-state index contributed by atoms with van der Waals surface area (Å²) in [6.07, 6.45) is 2.20. The van der Waals surface area contributed by atoms with E-state index < -0.39 is 0 Å². The number of anilines is 1. The molecular weight excluding hydrogens is 234 g/mol. The standard InChI is InChI=1S/C13H17NS2/c1-4-13-14(5-2)11-9-10(15-6-3)7-8-12(11)16-13/h4,7-9H,5-6H2,1-3H3/b13-4-. The molecule has 1 aromatic carbocycles. The first kappa shape index (κ1) is 11.9. The maximum absolute atomic E-state index is 2.39. The SMILES string of the molecule is C/C=C1\Sc2ccc(SCC)cc2N1CC. The Kier molecular flexibility index (Phi) is 3.87.